The third-order valence-electron chi connectivity index (χ3n) is 2.88. The Balaban J connectivity index is 1.78. The fourth-order valence-electron chi connectivity index (χ4n) is 1.92. The molecule has 0 amide bonds. The average Bonchev–Trinajstić information content (AvgIpc) is 3.06. The number of rotatable bonds is 4. The number of aromatic hydroxyl groups is 1. The summed E-state index contributed by atoms with van der Waals surface area (Å²) >= 11 is 1.64. The summed E-state index contributed by atoms with van der Waals surface area (Å²) in [4.78, 5) is 8.67. The Hall–Kier alpha value is -2.14. The van der Waals surface area contributed by atoms with Crippen molar-refractivity contribution in [3.05, 3.63) is 64.6 Å². The van der Waals surface area contributed by atoms with Gasteiger partial charge in [0, 0.05) is 30.5 Å². The predicted molar refractivity (Wildman–Crippen MR) is 74.4 cm³/mol. The third-order valence-corrected chi connectivity index (χ3v) is 3.66. The lowest BCUT2D eigenvalue weighted by molar-refractivity contribution is 0.475. The standard InChI is InChI=1S/C14H13N3OS/c18-12-3-1-11(2-4-12)10-17-7-5-15-13(17)9-14-16-6-8-19-14/h1-8,18H,9-10H2. The fourth-order valence-corrected chi connectivity index (χ4v) is 2.54. The number of nitrogens with zero attached hydrogens (tertiary/aromatic N) is 3. The predicted octanol–water partition coefficient (Wildman–Crippen LogP) is 2.68. The lowest BCUT2D eigenvalue weighted by Crippen LogP contribution is -2.04. The van der Waals surface area contributed by atoms with Gasteiger partial charge >= 0.3 is 0 Å². The van der Waals surface area contributed by atoms with E-state index in [0.29, 0.717) is 0 Å². The van der Waals surface area contributed by atoms with Gasteiger partial charge in [-0.3, -0.25) is 0 Å². The molecule has 5 heteroatoms. The maximum Gasteiger partial charge on any atom is 0.115 e. The summed E-state index contributed by atoms with van der Waals surface area (Å²) in [6, 6.07) is 7.24. The first-order valence-corrected chi connectivity index (χ1v) is 6.85. The molecule has 1 aromatic carbocycles. The Morgan fingerprint density at radius 1 is 1.11 bits per heavy atom. The van der Waals surface area contributed by atoms with E-state index >= 15 is 0 Å². The summed E-state index contributed by atoms with van der Waals surface area (Å²) in [5.41, 5.74) is 1.14. The maximum atomic E-state index is 9.28. The molecule has 0 aliphatic rings. The first-order valence-electron chi connectivity index (χ1n) is 5.97. The van der Waals surface area contributed by atoms with E-state index in [1.165, 1.54) is 0 Å². The summed E-state index contributed by atoms with van der Waals surface area (Å²) in [6.07, 6.45) is 6.34. The van der Waals surface area contributed by atoms with Crippen LogP contribution in [0.15, 0.2) is 48.2 Å². The second-order valence-electron chi connectivity index (χ2n) is 4.24. The van der Waals surface area contributed by atoms with Crippen LogP contribution in [0, 0.1) is 0 Å². The van der Waals surface area contributed by atoms with Gasteiger partial charge < -0.3 is 9.67 Å². The minimum absolute atomic E-state index is 0.289. The molecule has 0 saturated carbocycles. The van der Waals surface area contributed by atoms with Crippen molar-refractivity contribution >= 4 is 11.3 Å². The highest BCUT2D eigenvalue weighted by molar-refractivity contribution is 7.09. The van der Waals surface area contributed by atoms with Crippen LogP contribution in [-0.4, -0.2) is 19.6 Å². The minimum atomic E-state index is 0.289. The number of hydrogen-bond acceptors (Lipinski definition) is 4. The Morgan fingerprint density at radius 3 is 2.68 bits per heavy atom. The Morgan fingerprint density at radius 2 is 1.95 bits per heavy atom. The highest BCUT2D eigenvalue weighted by atomic mass is 32.1. The molecule has 0 spiro atoms. The molecule has 0 aliphatic carbocycles. The van der Waals surface area contributed by atoms with Gasteiger partial charge in [-0.05, 0) is 17.7 Å². The van der Waals surface area contributed by atoms with E-state index in [4.69, 9.17) is 0 Å². The molecule has 0 fully saturated rings. The number of phenols is 1. The molecule has 0 unspecified atom stereocenters. The second-order valence-corrected chi connectivity index (χ2v) is 5.22. The largest absolute Gasteiger partial charge is 0.508 e. The van der Waals surface area contributed by atoms with Crippen LogP contribution in [-0.2, 0) is 13.0 Å². The first kappa shape index (κ1) is 11.9. The van der Waals surface area contributed by atoms with Crippen molar-refractivity contribution in [3.8, 4) is 5.75 Å². The van der Waals surface area contributed by atoms with Crippen molar-refractivity contribution in [2.45, 2.75) is 13.0 Å². The number of benzene rings is 1. The molecule has 0 aliphatic heterocycles. The van der Waals surface area contributed by atoms with Gasteiger partial charge in [-0.2, -0.15) is 0 Å². The van der Waals surface area contributed by atoms with Crippen molar-refractivity contribution in [1.82, 2.24) is 14.5 Å². The summed E-state index contributed by atoms with van der Waals surface area (Å²) in [7, 11) is 0. The zero-order valence-electron chi connectivity index (χ0n) is 10.2. The molecule has 1 N–H and O–H groups in total. The highest BCUT2D eigenvalue weighted by Gasteiger charge is 2.06. The van der Waals surface area contributed by atoms with Crippen molar-refractivity contribution in [2.75, 3.05) is 0 Å². The van der Waals surface area contributed by atoms with E-state index in [1.807, 2.05) is 36.1 Å². The summed E-state index contributed by atoms with van der Waals surface area (Å²) in [5.74, 6) is 1.29. The summed E-state index contributed by atoms with van der Waals surface area (Å²) in [5, 5.41) is 12.3. The summed E-state index contributed by atoms with van der Waals surface area (Å²) < 4.78 is 2.10. The van der Waals surface area contributed by atoms with E-state index in [-0.39, 0.29) is 5.75 Å². The van der Waals surface area contributed by atoms with Gasteiger partial charge in [0.05, 0.1) is 11.4 Å². The number of thiazole rings is 1. The van der Waals surface area contributed by atoms with E-state index in [0.717, 1.165) is 29.4 Å². The van der Waals surface area contributed by atoms with Gasteiger partial charge in [0.15, 0.2) is 0 Å². The quantitative estimate of drug-likeness (QED) is 0.793. The third kappa shape index (κ3) is 2.82. The van der Waals surface area contributed by atoms with Crippen molar-refractivity contribution in [1.29, 1.82) is 0 Å². The van der Waals surface area contributed by atoms with Crippen LogP contribution in [0.2, 0.25) is 0 Å². The SMILES string of the molecule is Oc1ccc(Cn2ccnc2Cc2nccs2)cc1. The van der Waals surface area contributed by atoms with Crippen LogP contribution in [0.3, 0.4) is 0 Å². The number of hydrogen-bond donors (Lipinski definition) is 1. The molecular weight excluding hydrogens is 258 g/mol. The fraction of sp³-hybridized carbons (Fsp3) is 0.143. The lowest BCUT2D eigenvalue weighted by Gasteiger charge is -2.07. The van der Waals surface area contributed by atoms with Crippen molar-refractivity contribution in [3.63, 3.8) is 0 Å². The molecule has 0 bridgehead atoms. The van der Waals surface area contributed by atoms with E-state index < -0.39 is 0 Å². The molecule has 0 radical (unpaired) electrons. The molecule has 0 atom stereocenters. The molecule has 3 aromatic rings. The molecule has 19 heavy (non-hydrogen) atoms. The van der Waals surface area contributed by atoms with Crippen LogP contribution in [0.5, 0.6) is 5.75 Å². The number of imidazole rings is 1. The van der Waals surface area contributed by atoms with Gasteiger partial charge in [0.25, 0.3) is 0 Å². The maximum absolute atomic E-state index is 9.28. The average molecular weight is 271 g/mol. The topological polar surface area (TPSA) is 50.9 Å². The van der Waals surface area contributed by atoms with Crippen LogP contribution in [0.4, 0.5) is 0 Å². The first-order chi connectivity index (χ1) is 9.31. The van der Waals surface area contributed by atoms with Gasteiger partial charge in [0.1, 0.15) is 11.6 Å². The van der Waals surface area contributed by atoms with Gasteiger partial charge in [0.2, 0.25) is 0 Å². The number of phenolic OH excluding ortho intramolecular Hbond substituents is 1. The molecule has 0 saturated heterocycles. The van der Waals surface area contributed by atoms with Crippen LogP contribution >= 0.6 is 11.3 Å². The van der Waals surface area contributed by atoms with E-state index in [1.54, 1.807) is 23.5 Å². The summed E-state index contributed by atoms with van der Waals surface area (Å²) in [6.45, 7) is 0.751. The minimum Gasteiger partial charge on any atom is -0.508 e. The lowest BCUT2D eigenvalue weighted by atomic mass is 10.2. The smallest absolute Gasteiger partial charge is 0.115 e. The molecule has 2 aromatic heterocycles. The van der Waals surface area contributed by atoms with Crippen LogP contribution < -0.4 is 0 Å². The number of aromatic nitrogens is 3. The molecule has 4 nitrogen and oxygen atoms in total. The van der Waals surface area contributed by atoms with Crippen LogP contribution in [0.1, 0.15) is 16.4 Å². The normalized spacial score (nSPS) is 10.7. The van der Waals surface area contributed by atoms with E-state index in [2.05, 4.69) is 14.5 Å². The van der Waals surface area contributed by atoms with E-state index in [9.17, 15) is 5.11 Å². The van der Waals surface area contributed by atoms with Crippen LogP contribution in [0.25, 0.3) is 0 Å². The Kier molecular flexibility index (Phi) is 3.29. The Labute approximate surface area is 115 Å². The van der Waals surface area contributed by atoms with Gasteiger partial charge in [-0.25, -0.2) is 9.97 Å². The van der Waals surface area contributed by atoms with Crippen molar-refractivity contribution < 1.29 is 5.11 Å². The van der Waals surface area contributed by atoms with Crippen molar-refractivity contribution in [2.24, 2.45) is 0 Å². The second kappa shape index (κ2) is 5.24. The van der Waals surface area contributed by atoms with Gasteiger partial charge in [-0.1, -0.05) is 12.1 Å². The zero-order valence-corrected chi connectivity index (χ0v) is 11.0. The molecule has 2 heterocycles. The molecule has 96 valence electrons. The molecule has 3 rings (SSSR count). The zero-order chi connectivity index (χ0) is 13.1. The van der Waals surface area contributed by atoms with Gasteiger partial charge in [-0.15, -0.1) is 11.3 Å². The molecular formula is C14H13N3OS. The highest BCUT2D eigenvalue weighted by Crippen LogP contribution is 2.14. The Bertz CT molecular complexity index is 644. The monoisotopic (exact) mass is 271 g/mol.